The lowest BCUT2D eigenvalue weighted by molar-refractivity contribution is 0.815. The molecule has 18 heavy (non-hydrogen) atoms. The number of benzene rings is 2. The Morgan fingerprint density at radius 2 is 1.83 bits per heavy atom. The summed E-state index contributed by atoms with van der Waals surface area (Å²) in [6, 6.07) is 17.3. The maximum absolute atomic E-state index is 5.90. The molecule has 2 aromatic rings. The molecule has 1 nitrogen and oxygen atoms in total. The molecule has 1 atom stereocenters. The predicted molar refractivity (Wildman–Crippen MR) is 79.8 cm³/mol. The van der Waals surface area contributed by atoms with Gasteiger partial charge in [0.05, 0.1) is 0 Å². The van der Waals surface area contributed by atoms with Gasteiger partial charge in [-0.25, -0.2) is 0 Å². The van der Waals surface area contributed by atoms with Crippen molar-refractivity contribution in [1.29, 1.82) is 0 Å². The van der Waals surface area contributed by atoms with E-state index in [0.717, 1.165) is 5.75 Å². The van der Waals surface area contributed by atoms with Gasteiger partial charge in [-0.05, 0) is 37.1 Å². The van der Waals surface area contributed by atoms with Crippen LogP contribution < -0.4 is 5.73 Å². The molecule has 2 N–H and O–H groups in total. The van der Waals surface area contributed by atoms with E-state index in [1.165, 1.54) is 21.6 Å². The molecule has 0 saturated heterocycles. The summed E-state index contributed by atoms with van der Waals surface area (Å²) in [7, 11) is 0. The second kappa shape index (κ2) is 6.07. The molecule has 0 amide bonds. The standard InChI is InChI=1S/C16H19NS/c1-12-6-8-14(9-7-12)11-18-16-5-3-4-15(10-16)13(2)17/h3-10,13H,11,17H2,1-2H3. The predicted octanol–water partition coefficient (Wildman–Crippen LogP) is 4.31. The Hall–Kier alpha value is -1.25. The van der Waals surface area contributed by atoms with Gasteiger partial charge in [0.25, 0.3) is 0 Å². The molecule has 2 aromatic carbocycles. The van der Waals surface area contributed by atoms with Gasteiger partial charge in [-0.2, -0.15) is 0 Å². The van der Waals surface area contributed by atoms with Crippen LogP contribution in [0.3, 0.4) is 0 Å². The van der Waals surface area contributed by atoms with E-state index >= 15 is 0 Å². The molecular formula is C16H19NS. The minimum atomic E-state index is 0.102. The Morgan fingerprint density at radius 1 is 1.11 bits per heavy atom. The molecule has 0 heterocycles. The van der Waals surface area contributed by atoms with E-state index in [2.05, 4.69) is 55.5 Å². The Morgan fingerprint density at radius 3 is 2.50 bits per heavy atom. The van der Waals surface area contributed by atoms with Gasteiger partial charge in [-0.1, -0.05) is 42.0 Å². The molecule has 0 saturated carbocycles. The lowest BCUT2D eigenvalue weighted by Gasteiger charge is -2.08. The monoisotopic (exact) mass is 257 g/mol. The zero-order valence-corrected chi connectivity index (χ0v) is 11.7. The van der Waals surface area contributed by atoms with Crippen molar-refractivity contribution in [1.82, 2.24) is 0 Å². The van der Waals surface area contributed by atoms with E-state index in [-0.39, 0.29) is 6.04 Å². The summed E-state index contributed by atoms with van der Waals surface area (Å²) in [5, 5.41) is 0. The topological polar surface area (TPSA) is 26.0 Å². The molecular weight excluding hydrogens is 238 g/mol. The van der Waals surface area contributed by atoms with Crippen LogP contribution in [0.4, 0.5) is 0 Å². The summed E-state index contributed by atoms with van der Waals surface area (Å²) in [5.74, 6) is 1.00. The van der Waals surface area contributed by atoms with E-state index in [4.69, 9.17) is 5.73 Å². The summed E-state index contributed by atoms with van der Waals surface area (Å²) < 4.78 is 0. The van der Waals surface area contributed by atoms with Crippen molar-refractivity contribution in [2.45, 2.75) is 30.5 Å². The summed E-state index contributed by atoms with van der Waals surface area (Å²) in [4.78, 5) is 1.28. The fourth-order valence-electron chi connectivity index (χ4n) is 1.74. The molecule has 0 bridgehead atoms. The van der Waals surface area contributed by atoms with Gasteiger partial charge in [0.1, 0.15) is 0 Å². The second-order valence-electron chi connectivity index (χ2n) is 4.64. The van der Waals surface area contributed by atoms with E-state index in [0.29, 0.717) is 0 Å². The number of aryl methyl sites for hydroxylation is 1. The van der Waals surface area contributed by atoms with Gasteiger partial charge in [-0.15, -0.1) is 11.8 Å². The molecule has 2 heteroatoms. The number of hydrogen-bond acceptors (Lipinski definition) is 2. The van der Waals surface area contributed by atoms with Gasteiger partial charge < -0.3 is 5.73 Å². The molecule has 2 rings (SSSR count). The van der Waals surface area contributed by atoms with Crippen molar-refractivity contribution >= 4 is 11.8 Å². The van der Waals surface area contributed by atoms with Crippen LogP contribution in [0.5, 0.6) is 0 Å². The highest BCUT2D eigenvalue weighted by Gasteiger charge is 2.01. The van der Waals surface area contributed by atoms with Crippen LogP contribution in [0.25, 0.3) is 0 Å². The van der Waals surface area contributed by atoms with Gasteiger partial charge in [0.2, 0.25) is 0 Å². The third-order valence-corrected chi connectivity index (χ3v) is 3.97. The fraction of sp³-hybridized carbons (Fsp3) is 0.250. The van der Waals surface area contributed by atoms with E-state index in [9.17, 15) is 0 Å². The number of rotatable bonds is 4. The van der Waals surface area contributed by atoms with Crippen LogP contribution in [0.2, 0.25) is 0 Å². The van der Waals surface area contributed by atoms with Crippen LogP contribution in [-0.2, 0) is 5.75 Å². The summed E-state index contributed by atoms with van der Waals surface area (Å²) in [6.07, 6.45) is 0. The maximum atomic E-state index is 5.90. The van der Waals surface area contributed by atoms with Crippen molar-refractivity contribution in [2.75, 3.05) is 0 Å². The van der Waals surface area contributed by atoms with Crippen molar-refractivity contribution in [3.05, 3.63) is 65.2 Å². The molecule has 0 radical (unpaired) electrons. The first kappa shape index (κ1) is 13.2. The van der Waals surface area contributed by atoms with Crippen molar-refractivity contribution in [3.8, 4) is 0 Å². The normalized spacial score (nSPS) is 12.4. The van der Waals surface area contributed by atoms with Crippen molar-refractivity contribution < 1.29 is 0 Å². The van der Waals surface area contributed by atoms with Crippen LogP contribution >= 0.6 is 11.8 Å². The van der Waals surface area contributed by atoms with Crippen molar-refractivity contribution in [2.24, 2.45) is 5.73 Å². The average Bonchev–Trinajstić information content (AvgIpc) is 2.38. The zero-order valence-electron chi connectivity index (χ0n) is 10.9. The first-order chi connectivity index (χ1) is 8.65. The van der Waals surface area contributed by atoms with Crippen LogP contribution in [0, 0.1) is 6.92 Å². The Kier molecular flexibility index (Phi) is 4.45. The lowest BCUT2D eigenvalue weighted by Crippen LogP contribution is -2.04. The smallest absolute Gasteiger partial charge is 0.0266 e. The first-order valence-corrected chi connectivity index (χ1v) is 7.17. The third kappa shape index (κ3) is 3.62. The molecule has 0 aliphatic carbocycles. The van der Waals surface area contributed by atoms with Gasteiger partial charge in [0, 0.05) is 16.7 Å². The highest BCUT2D eigenvalue weighted by molar-refractivity contribution is 7.98. The first-order valence-electron chi connectivity index (χ1n) is 6.19. The molecule has 0 aromatic heterocycles. The average molecular weight is 257 g/mol. The van der Waals surface area contributed by atoms with Crippen LogP contribution in [-0.4, -0.2) is 0 Å². The Labute approximate surface area is 113 Å². The summed E-state index contributed by atoms with van der Waals surface area (Å²) in [5.41, 5.74) is 9.76. The van der Waals surface area contributed by atoms with E-state index in [1.807, 2.05) is 18.7 Å². The Balaban J connectivity index is 2.01. The fourth-order valence-corrected chi connectivity index (χ4v) is 2.66. The highest BCUT2D eigenvalue weighted by atomic mass is 32.2. The van der Waals surface area contributed by atoms with Gasteiger partial charge in [-0.3, -0.25) is 0 Å². The van der Waals surface area contributed by atoms with Crippen molar-refractivity contribution in [3.63, 3.8) is 0 Å². The SMILES string of the molecule is Cc1ccc(CSc2cccc(C(C)N)c2)cc1. The minimum absolute atomic E-state index is 0.102. The minimum Gasteiger partial charge on any atom is -0.324 e. The molecule has 0 fully saturated rings. The molecule has 94 valence electrons. The van der Waals surface area contributed by atoms with Gasteiger partial charge in [0.15, 0.2) is 0 Å². The third-order valence-electron chi connectivity index (χ3n) is 2.91. The molecule has 0 spiro atoms. The maximum Gasteiger partial charge on any atom is 0.0266 e. The van der Waals surface area contributed by atoms with Crippen LogP contribution in [0.1, 0.15) is 29.7 Å². The Bertz CT molecular complexity index is 503. The molecule has 0 aliphatic heterocycles. The number of nitrogens with two attached hydrogens (primary N) is 1. The number of thioether (sulfide) groups is 1. The van der Waals surface area contributed by atoms with E-state index in [1.54, 1.807) is 0 Å². The summed E-state index contributed by atoms with van der Waals surface area (Å²) in [6.45, 7) is 4.13. The summed E-state index contributed by atoms with van der Waals surface area (Å²) >= 11 is 1.86. The lowest BCUT2D eigenvalue weighted by atomic mass is 10.1. The number of hydrogen-bond donors (Lipinski definition) is 1. The second-order valence-corrected chi connectivity index (χ2v) is 5.68. The largest absolute Gasteiger partial charge is 0.324 e. The van der Waals surface area contributed by atoms with Gasteiger partial charge >= 0.3 is 0 Å². The van der Waals surface area contributed by atoms with Crippen LogP contribution in [0.15, 0.2) is 53.4 Å². The molecule has 1 unspecified atom stereocenters. The highest BCUT2D eigenvalue weighted by Crippen LogP contribution is 2.25. The quantitative estimate of drug-likeness (QED) is 0.826. The zero-order chi connectivity index (χ0) is 13.0. The molecule has 0 aliphatic rings. The van der Waals surface area contributed by atoms with E-state index < -0.39 is 0 Å².